The maximum atomic E-state index is 12.9. The lowest BCUT2D eigenvalue weighted by atomic mass is 9.73. The smallest absolute Gasteiger partial charge is 0.312 e. The number of aryl methyl sites for hydroxylation is 1. The Balaban J connectivity index is 2.61. The van der Waals surface area contributed by atoms with Crippen molar-refractivity contribution in [2.75, 3.05) is 41.3 Å². The highest BCUT2D eigenvalue weighted by Gasteiger charge is 2.32. The zero-order chi connectivity index (χ0) is 27.5. The molecule has 0 unspecified atom stereocenters. The second kappa shape index (κ2) is 15.1. The Bertz CT molecular complexity index is 917. The van der Waals surface area contributed by atoms with Gasteiger partial charge < -0.3 is 19.3 Å². The Hall–Kier alpha value is -2.44. The van der Waals surface area contributed by atoms with E-state index in [1.807, 2.05) is 50.1 Å². The molecule has 0 radical (unpaired) electrons. The van der Waals surface area contributed by atoms with E-state index in [1.54, 1.807) is 0 Å². The highest BCUT2D eigenvalue weighted by Crippen LogP contribution is 2.47. The molecule has 0 saturated heterocycles. The van der Waals surface area contributed by atoms with Gasteiger partial charge in [0.2, 0.25) is 0 Å². The van der Waals surface area contributed by atoms with E-state index in [2.05, 4.69) is 33.4 Å². The number of hydrogen-bond donors (Lipinski definition) is 0. The van der Waals surface area contributed by atoms with Gasteiger partial charge in [0.15, 0.2) is 0 Å². The standard InChI is InChI=1S/C31H48N2O4/c1-9-10-11-12-24-20-27(36-29(34)15-17-32(5)6)31(26-19-23(4)13-14-25(26)22(2)3)28(21-24)37-30(35)16-18-33(7)8/h19-21,25-26H,2,9-18H2,1,3-8H3/t25-,26+/m0/s1. The number of allylic oxidation sites excluding steroid dienone is 3. The Morgan fingerprint density at radius 1 is 0.973 bits per heavy atom. The maximum Gasteiger partial charge on any atom is 0.312 e. The van der Waals surface area contributed by atoms with E-state index in [4.69, 9.17) is 9.47 Å². The van der Waals surface area contributed by atoms with Crippen LogP contribution in [0, 0.1) is 5.92 Å². The molecule has 0 amide bonds. The Kier molecular flexibility index (Phi) is 12.6. The van der Waals surface area contributed by atoms with Crippen LogP contribution in [-0.2, 0) is 16.0 Å². The van der Waals surface area contributed by atoms with Crippen LogP contribution < -0.4 is 9.47 Å². The lowest BCUT2D eigenvalue weighted by Crippen LogP contribution is -2.23. The van der Waals surface area contributed by atoms with Gasteiger partial charge in [-0.3, -0.25) is 9.59 Å². The van der Waals surface area contributed by atoms with E-state index in [-0.39, 0.29) is 36.6 Å². The fourth-order valence-electron chi connectivity index (χ4n) is 4.76. The minimum absolute atomic E-state index is 0.0794. The van der Waals surface area contributed by atoms with E-state index >= 15 is 0 Å². The van der Waals surface area contributed by atoms with Gasteiger partial charge in [-0.2, -0.15) is 0 Å². The molecule has 0 aromatic heterocycles. The van der Waals surface area contributed by atoms with Crippen molar-refractivity contribution in [1.82, 2.24) is 9.80 Å². The van der Waals surface area contributed by atoms with E-state index in [9.17, 15) is 9.59 Å². The van der Waals surface area contributed by atoms with E-state index in [1.165, 1.54) is 5.57 Å². The molecule has 1 aromatic rings. The molecule has 6 heteroatoms. The number of esters is 2. The van der Waals surface area contributed by atoms with Gasteiger partial charge >= 0.3 is 11.9 Å². The lowest BCUT2D eigenvalue weighted by molar-refractivity contribution is -0.135. The van der Waals surface area contributed by atoms with Crippen LogP contribution in [0.15, 0.2) is 35.9 Å². The average Bonchev–Trinajstić information content (AvgIpc) is 2.81. The third-order valence-electron chi connectivity index (χ3n) is 6.92. The van der Waals surface area contributed by atoms with Gasteiger partial charge in [0.25, 0.3) is 0 Å². The number of carbonyl (C=O) groups is 2. The van der Waals surface area contributed by atoms with Crippen molar-refractivity contribution in [2.45, 2.75) is 78.1 Å². The maximum absolute atomic E-state index is 12.9. The zero-order valence-corrected chi connectivity index (χ0v) is 24.2. The van der Waals surface area contributed by atoms with Crippen LogP contribution in [0.4, 0.5) is 0 Å². The van der Waals surface area contributed by atoms with Gasteiger partial charge in [0.1, 0.15) is 11.5 Å². The summed E-state index contributed by atoms with van der Waals surface area (Å²) in [6.45, 7) is 11.8. The molecule has 2 rings (SSSR count). The molecule has 206 valence electrons. The highest BCUT2D eigenvalue weighted by atomic mass is 16.5. The fourth-order valence-corrected chi connectivity index (χ4v) is 4.76. The number of rotatable bonds is 14. The third-order valence-corrected chi connectivity index (χ3v) is 6.92. The van der Waals surface area contributed by atoms with E-state index in [0.29, 0.717) is 24.6 Å². The van der Waals surface area contributed by atoms with Crippen LogP contribution in [0.3, 0.4) is 0 Å². The predicted molar refractivity (Wildman–Crippen MR) is 151 cm³/mol. The first-order valence-electron chi connectivity index (χ1n) is 13.7. The quantitative estimate of drug-likeness (QED) is 0.129. The summed E-state index contributed by atoms with van der Waals surface area (Å²) in [4.78, 5) is 29.8. The van der Waals surface area contributed by atoms with Crippen molar-refractivity contribution in [3.63, 3.8) is 0 Å². The number of carbonyl (C=O) groups excluding carboxylic acids is 2. The van der Waals surface area contributed by atoms with Gasteiger partial charge in [-0.1, -0.05) is 43.6 Å². The Morgan fingerprint density at radius 2 is 1.51 bits per heavy atom. The Morgan fingerprint density at radius 3 is 1.97 bits per heavy atom. The van der Waals surface area contributed by atoms with Crippen LogP contribution in [-0.4, -0.2) is 63.0 Å². The van der Waals surface area contributed by atoms with Crippen molar-refractivity contribution in [3.05, 3.63) is 47.1 Å². The molecule has 0 fully saturated rings. The van der Waals surface area contributed by atoms with Crippen LogP contribution >= 0.6 is 0 Å². The minimum atomic E-state index is -0.283. The zero-order valence-electron chi connectivity index (χ0n) is 24.2. The summed E-state index contributed by atoms with van der Waals surface area (Å²) in [5.74, 6) is 0.547. The van der Waals surface area contributed by atoms with Crippen molar-refractivity contribution in [3.8, 4) is 11.5 Å². The lowest BCUT2D eigenvalue weighted by Gasteiger charge is -2.32. The van der Waals surface area contributed by atoms with Crippen LogP contribution in [0.1, 0.15) is 82.8 Å². The number of unbranched alkanes of at least 4 members (excludes halogenated alkanes) is 2. The molecular formula is C31H48N2O4. The van der Waals surface area contributed by atoms with E-state index < -0.39 is 0 Å². The first kappa shape index (κ1) is 30.8. The SMILES string of the molecule is C=C(C)[C@@H]1CCC(C)=C[C@H]1c1c(OC(=O)CCN(C)C)cc(CCCCC)cc1OC(=O)CCN(C)C. The fraction of sp³-hybridized carbons (Fsp3) is 0.613. The molecule has 1 aromatic carbocycles. The summed E-state index contributed by atoms with van der Waals surface area (Å²) >= 11 is 0. The van der Waals surface area contributed by atoms with Crippen LogP contribution in [0.2, 0.25) is 0 Å². The molecule has 37 heavy (non-hydrogen) atoms. The second-order valence-corrected chi connectivity index (χ2v) is 11.0. The van der Waals surface area contributed by atoms with Gasteiger partial charge in [0.05, 0.1) is 12.8 Å². The number of nitrogens with zero attached hydrogens (tertiary/aromatic N) is 2. The highest BCUT2D eigenvalue weighted by molar-refractivity contribution is 5.76. The van der Waals surface area contributed by atoms with Crippen molar-refractivity contribution < 1.29 is 19.1 Å². The topological polar surface area (TPSA) is 59.1 Å². The predicted octanol–water partition coefficient (Wildman–Crippen LogP) is 6.15. The molecule has 2 atom stereocenters. The van der Waals surface area contributed by atoms with Gasteiger partial charge in [-0.25, -0.2) is 0 Å². The molecular weight excluding hydrogens is 464 g/mol. The van der Waals surface area contributed by atoms with E-state index in [0.717, 1.165) is 55.2 Å². The molecule has 0 N–H and O–H groups in total. The van der Waals surface area contributed by atoms with Crippen LogP contribution in [0.5, 0.6) is 11.5 Å². The first-order valence-corrected chi connectivity index (χ1v) is 13.7. The summed E-state index contributed by atoms with van der Waals surface area (Å²) in [5.41, 5.74) is 4.16. The monoisotopic (exact) mass is 512 g/mol. The molecule has 1 aliphatic carbocycles. The average molecular weight is 513 g/mol. The molecule has 1 aliphatic rings. The van der Waals surface area contributed by atoms with Crippen molar-refractivity contribution in [2.24, 2.45) is 5.92 Å². The van der Waals surface area contributed by atoms with Crippen LogP contribution in [0.25, 0.3) is 0 Å². The third kappa shape index (κ3) is 10.1. The van der Waals surface area contributed by atoms with Gasteiger partial charge in [-0.15, -0.1) is 0 Å². The molecule has 0 saturated carbocycles. The molecule has 0 bridgehead atoms. The second-order valence-electron chi connectivity index (χ2n) is 11.0. The Labute approximate surface area is 224 Å². The van der Waals surface area contributed by atoms with Gasteiger partial charge in [0, 0.05) is 24.6 Å². The number of benzene rings is 1. The molecule has 0 spiro atoms. The van der Waals surface area contributed by atoms with Crippen molar-refractivity contribution in [1.29, 1.82) is 0 Å². The molecule has 0 aliphatic heterocycles. The summed E-state index contributed by atoms with van der Waals surface area (Å²) in [5, 5.41) is 0. The summed E-state index contributed by atoms with van der Waals surface area (Å²) in [7, 11) is 7.74. The molecule has 6 nitrogen and oxygen atoms in total. The molecule has 0 heterocycles. The number of ether oxygens (including phenoxy) is 2. The van der Waals surface area contributed by atoms with Gasteiger partial charge in [-0.05, 0) is 91.3 Å². The number of hydrogen-bond acceptors (Lipinski definition) is 6. The normalized spacial score (nSPS) is 17.6. The first-order chi connectivity index (χ1) is 17.5. The van der Waals surface area contributed by atoms with Crippen molar-refractivity contribution >= 4 is 11.9 Å². The summed E-state index contributed by atoms with van der Waals surface area (Å²) in [6.07, 6.45) is 8.85. The largest absolute Gasteiger partial charge is 0.426 e. The summed E-state index contributed by atoms with van der Waals surface area (Å²) in [6, 6.07) is 3.98. The summed E-state index contributed by atoms with van der Waals surface area (Å²) < 4.78 is 12.1. The minimum Gasteiger partial charge on any atom is -0.426 e.